The summed E-state index contributed by atoms with van der Waals surface area (Å²) in [6.07, 6.45) is 10.1. The zero-order valence-electron chi connectivity index (χ0n) is 21.3. The van der Waals surface area contributed by atoms with Crippen LogP contribution in [0.4, 0.5) is 0 Å². The van der Waals surface area contributed by atoms with Gasteiger partial charge in [0, 0.05) is 12.8 Å². The normalized spacial score (nSPS) is 42.9. The molecule has 0 spiro atoms. The number of Topliss-reactive ketones (excluding diaryl/α,β-unsaturated/α-hetero) is 1. The monoisotopic (exact) mass is 438 g/mol. The van der Waals surface area contributed by atoms with E-state index in [1.54, 1.807) is 14.2 Å². The topological polar surface area (TPSA) is 35.5 Å². The Morgan fingerprint density at radius 3 is 2.25 bits per heavy atom. The maximum Gasteiger partial charge on any atom is 0.163 e. The molecule has 32 heavy (non-hydrogen) atoms. The number of ether oxygens (including phenoxy) is 2. The maximum absolute atomic E-state index is 12.6. The molecular formula is C29H42O3. The third-order valence-electron chi connectivity index (χ3n) is 11.6. The van der Waals surface area contributed by atoms with Gasteiger partial charge in [-0.25, -0.2) is 0 Å². The second-order valence-electron chi connectivity index (χ2n) is 12.6. The molecule has 0 saturated heterocycles. The van der Waals surface area contributed by atoms with Crippen LogP contribution in [0, 0.1) is 35.0 Å². The number of carbonyl (C=O) groups is 1. The van der Waals surface area contributed by atoms with Crippen LogP contribution in [0.1, 0.15) is 95.8 Å². The third-order valence-corrected chi connectivity index (χ3v) is 11.6. The Morgan fingerprint density at radius 1 is 0.875 bits per heavy atom. The average Bonchev–Trinajstić information content (AvgIpc) is 2.76. The van der Waals surface area contributed by atoms with E-state index in [1.165, 1.54) is 48.8 Å². The van der Waals surface area contributed by atoms with Crippen molar-refractivity contribution in [2.24, 2.45) is 28.1 Å². The van der Waals surface area contributed by atoms with E-state index in [1.807, 2.05) is 0 Å². The molecule has 3 heteroatoms. The van der Waals surface area contributed by atoms with Gasteiger partial charge in [-0.05, 0) is 108 Å². The van der Waals surface area contributed by atoms with Gasteiger partial charge in [0.2, 0.25) is 0 Å². The van der Waals surface area contributed by atoms with Crippen LogP contribution in [0.3, 0.4) is 0 Å². The van der Waals surface area contributed by atoms with E-state index in [4.69, 9.17) is 9.47 Å². The highest BCUT2D eigenvalue weighted by Crippen LogP contribution is 2.74. The third kappa shape index (κ3) is 2.63. The first-order valence-electron chi connectivity index (χ1n) is 12.8. The number of rotatable bonds is 2. The Labute approximate surface area is 194 Å². The van der Waals surface area contributed by atoms with Gasteiger partial charge in [-0.3, -0.25) is 4.79 Å². The Bertz CT molecular complexity index is 966. The van der Waals surface area contributed by atoms with E-state index in [0.717, 1.165) is 37.2 Å². The van der Waals surface area contributed by atoms with Gasteiger partial charge in [0.15, 0.2) is 11.5 Å². The summed E-state index contributed by atoms with van der Waals surface area (Å²) in [4.78, 5) is 12.6. The fourth-order valence-corrected chi connectivity index (χ4v) is 9.42. The first-order valence-corrected chi connectivity index (χ1v) is 12.8. The van der Waals surface area contributed by atoms with Gasteiger partial charge in [-0.2, -0.15) is 0 Å². The number of hydrogen-bond donors (Lipinski definition) is 0. The largest absolute Gasteiger partial charge is 0.493 e. The van der Waals surface area contributed by atoms with Crippen molar-refractivity contribution in [2.45, 2.75) is 97.8 Å². The lowest BCUT2D eigenvalue weighted by Gasteiger charge is -2.71. The Kier molecular flexibility index (Phi) is 4.87. The van der Waals surface area contributed by atoms with E-state index in [0.29, 0.717) is 23.0 Å². The van der Waals surface area contributed by atoms with Crippen LogP contribution in [-0.4, -0.2) is 20.0 Å². The Morgan fingerprint density at radius 2 is 1.56 bits per heavy atom. The number of benzene rings is 1. The molecule has 5 rings (SSSR count). The lowest BCUT2D eigenvalue weighted by molar-refractivity contribution is -0.198. The second kappa shape index (κ2) is 7.00. The molecule has 0 heterocycles. The predicted octanol–water partition coefficient (Wildman–Crippen LogP) is 6.81. The minimum atomic E-state index is 0.151. The van der Waals surface area contributed by atoms with E-state index in [2.05, 4.69) is 40.7 Å². The maximum atomic E-state index is 12.6. The highest BCUT2D eigenvalue weighted by Gasteiger charge is 2.67. The summed E-state index contributed by atoms with van der Waals surface area (Å²) < 4.78 is 11.5. The minimum Gasteiger partial charge on any atom is -0.493 e. The molecule has 0 radical (unpaired) electrons. The van der Waals surface area contributed by atoms with Crippen LogP contribution >= 0.6 is 0 Å². The summed E-state index contributed by atoms with van der Waals surface area (Å²) in [7, 11) is 3.51. The predicted molar refractivity (Wildman–Crippen MR) is 129 cm³/mol. The minimum absolute atomic E-state index is 0.151. The summed E-state index contributed by atoms with van der Waals surface area (Å²) in [6.45, 7) is 12.4. The summed E-state index contributed by atoms with van der Waals surface area (Å²) in [5.74, 6) is 3.45. The lowest BCUT2D eigenvalue weighted by Crippen LogP contribution is -2.64. The number of carbonyl (C=O) groups excluding carboxylic acids is 1. The van der Waals surface area contributed by atoms with Gasteiger partial charge in [-0.1, -0.05) is 27.7 Å². The quantitative estimate of drug-likeness (QED) is 0.509. The van der Waals surface area contributed by atoms with Crippen molar-refractivity contribution in [3.8, 4) is 11.5 Å². The number of ketones is 1. The standard InChI is InChI=1S/C29H42O3/c1-18-20-8-9-23-27(3,21(20)17-22(31-6)25(18)32-7)13-15-29(5)24-16-19(30)10-11-26(24,2)12-14-28(23,29)4/h17,23-24H,8-16H2,1-7H3/t23-,24+,26+,27-,28+,29-/m0/s1. The molecule has 0 amide bonds. The molecular weight excluding hydrogens is 396 g/mol. The number of hydrogen-bond acceptors (Lipinski definition) is 3. The zero-order valence-corrected chi connectivity index (χ0v) is 21.3. The van der Waals surface area contributed by atoms with Crippen molar-refractivity contribution in [3.05, 3.63) is 22.8 Å². The molecule has 6 atom stereocenters. The van der Waals surface area contributed by atoms with Gasteiger partial charge in [0.05, 0.1) is 14.2 Å². The summed E-state index contributed by atoms with van der Waals surface area (Å²) in [5.41, 5.74) is 5.24. The molecule has 4 aliphatic rings. The molecule has 3 fully saturated rings. The first kappa shape index (κ1) is 22.3. The second-order valence-corrected chi connectivity index (χ2v) is 12.6. The van der Waals surface area contributed by atoms with E-state index in [-0.39, 0.29) is 16.2 Å². The van der Waals surface area contributed by atoms with Gasteiger partial charge in [0.25, 0.3) is 0 Å². The molecule has 1 aromatic rings. The zero-order chi connectivity index (χ0) is 23.1. The van der Waals surface area contributed by atoms with Gasteiger partial charge in [0.1, 0.15) is 5.78 Å². The van der Waals surface area contributed by atoms with Gasteiger partial charge < -0.3 is 9.47 Å². The Hall–Kier alpha value is -1.51. The van der Waals surface area contributed by atoms with Crippen LogP contribution in [0.2, 0.25) is 0 Å². The number of fused-ring (bicyclic) bond motifs is 7. The summed E-state index contributed by atoms with van der Waals surface area (Å²) >= 11 is 0. The fourth-order valence-electron chi connectivity index (χ4n) is 9.42. The van der Waals surface area contributed by atoms with Crippen molar-refractivity contribution in [1.82, 2.24) is 0 Å². The van der Waals surface area contributed by atoms with Crippen LogP contribution in [0.5, 0.6) is 11.5 Å². The number of methoxy groups -OCH3 is 2. The molecule has 176 valence electrons. The molecule has 0 aliphatic heterocycles. The van der Waals surface area contributed by atoms with E-state index in [9.17, 15) is 4.79 Å². The van der Waals surface area contributed by atoms with Crippen molar-refractivity contribution < 1.29 is 14.3 Å². The van der Waals surface area contributed by atoms with E-state index >= 15 is 0 Å². The smallest absolute Gasteiger partial charge is 0.163 e. The molecule has 0 bridgehead atoms. The molecule has 3 nitrogen and oxygen atoms in total. The van der Waals surface area contributed by atoms with Crippen LogP contribution in [0.15, 0.2) is 6.07 Å². The lowest BCUT2D eigenvalue weighted by atomic mass is 9.33. The molecule has 0 unspecified atom stereocenters. The average molecular weight is 439 g/mol. The molecule has 0 N–H and O–H groups in total. The highest BCUT2D eigenvalue weighted by molar-refractivity contribution is 5.80. The first-order chi connectivity index (χ1) is 15.0. The molecule has 1 aromatic carbocycles. The van der Waals surface area contributed by atoms with Crippen molar-refractivity contribution >= 4 is 5.78 Å². The molecule has 0 aromatic heterocycles. The SMILES string of the molecule is COc1cc2c(c(C)c1OC)CC[C@H]1[C@@]2(C)CC[C@@]2(C)[C@@H]3CC(=O)CC[C@]3(C)CC[C@]12C. The summed E-state index contributed by atoms with van der Waals surface area (Å²) in [6, 6.07) is 2.30. The van der Waals surface area contributed by atoms with Gasteiger partial charge in [-0.15, -0.1) is 0 Å². The van der Waals surface area contributed by atoms with E-state index < -0.39 is 0 Å². The van der Waals surface area contributed by atoms with Crippen molar-refractivity contribution in [1.29, 1.82) is 0 Å². The van der Waals surface area contributed by atoms with Crippen molar-refractivity contribution in [2.75, 3.05) is 14.2 Å². The summed E-state index contributed by atoms with van der Waals surface area (Å²) in [5, 5.41) is 0. The van der Waals surface area contributed by atoms with Crippen LogP contribution in [0.25, 0.3) is 0 Å². The Balaban J connectivity index is 1.62. The molecule has 3 saturated carbocycles. The van der Waals surface area contributed by atoms with Gasteiger partial charge >= 0.3 is 0 Å². The van der Waals surface area contributed by atoms with Crippen molar-refractivity contribution in [3.63, 3.8) is 0 Å². The van der Waals surface area contributed by atoms with Crippen LogP contribution in [-0.2, 0) is 16.6 Å². The highest BCUT2D eigenvalue weighted by atomic mass is 16.5. The molecule has 4 aliphatic carbocycles. The van der Waals surface area contributed by atoms with Crippen LogP contribution < -0.4 is 9.47 Å². The fraction of sp³-hybridized carbons (Fsp3) is 0.759.